The van der Waals surface area contributed by atoms with E-state index in [9.17, 15) is 4.79 Å². The molecule has 0 saturated carbocycles. The van der Waals surface area contributed by atoms with Crippen molar-refractivity contribution < 1.29 is 9.53 Å². The van der Waals surface area contributed by atoms with Crippen molar-refractivity contribution in [1.82, 2.24) is 20.2 Å². The third-order valence-corrected chi connectivity index (χ3v) is 4.96. The smallest absolute Gasteiger partial charge is 0.234 e. The minimum atomic E-state index is -0.400. The molecule has 0 spiro atoms. The van der Waals surface area contributed by atoms with Crippen LogP contribution in [0.2, 0.25) is 0 Å². The van der Waals surface area contributed by atoms with E-state index in [1.807, 2.05) is 13.0 Å². The van der Waals surface area contributed by atoms with Gasteiger partial charge in [0.2, 0.25) is 11.1 Å². The maximum atomic E-state index is 11.9. The number of rotatable bonds is 8. The van der Waals surface area contributed by atoms with Crippen LogP contribution in [0.1, 0.15) is 43.6 Å². The molecule has 0 aliphatic carbocycles. The minimum Gasteiger partial charge on any atom is -0.485 e. The first-order valence-electron chi connectivity index (χ1n) is 8.64. The number of amides is 1. The van der Waals surface area contributed by atoms with E-state index in [-0.39, 0.29) is 19.1 Å². The van der Waals surface area contributed by atoms with Gasteiger partial charge in [-0.2, -0.15) is 0 Å². The van der Waals surface area contributed by atoms with E-state index in [2.05, 4.69) is 47.4 Å². The number of terminal acetylenes is 1. The van der Waals surface area contributed by atoms with Crippen LogP contribution >= 0.6 is 11.8 Å². The van der Waals surface area contributed by atoms with Gasteiger partial charge in [0.25, 0.3) is 0 Å². The second kappa shape index (κ2) is 9.33. The lowest BCUT2D eigenvalue weighted by molar-refractivity contribution is -0.120. The summed E-state index contributed by atoms with van der Waals surface area (Å²) in [5.74, 6) is 9.88. The molecule has 7 nitrogen and oxygen atoms in total. The Morgan fingerprint density at radius 2 is 2.15 bits per heavy atom. The molecule has 144 valence electrons. The molecule has 1 aromatic carbocycles. The Morgan fingerprint density at radius 3 is 2.81 bits per heavy atom. The van der Waals surface area contributed by atoms with Crippen LogP contribution in [0.3, 0.4) is 0 Å². The monoisotopic (exact) mass is 387 g/mol. The summed E-state index contributed by atoms with van der Waals surface area (Å²) in [6.45, 7) is 8.37. The summed E-state index contributed by atoms with van der Waals surface area (Å²) < 4.78 is 7.30. The zero-order chi connectivity index (χ0) is 20.0. The number of ether oxygens (including phenoxy) is 1. The van der Waals surface area contributed by atoms with Crippen molar-refractivity contribution in [2.75, 3.05) is 12.4 Å². The van der Waals surface area contributed by atoms with Gasteiger partial charge in [-0.05, 0) is 37.0 Å². The lowest BCUT2D eigenvalue weighted by Gasteiger charge is -2.14. The first-order chi connectivity index (χ1) is 12.8. The lowest BCUT2D eigenvalue weighted by Crippen LogP contribution is -2.31. The molecule has 1 atom stereocenters. The van der Waals surface area contributed by atoms with Crippen molar-refractivity contribution in [1.29, 1.82) is 0 Å². The molecular formula is C19H25N5O2S. The molecule has 0 bridgehead atoms. The average Bonchev–Trinajstić information content (AvgIpc) is 2.97. The molecule has 0 aliphatic rings. The van der Waals surface area contributed by atoms with Gasteiger partial charge in [-0.1, -0.05) is 43.7 Å². The van der Waals surface area contributed by atoms with Gasteiger partial charge in [-0.15, -0.1) is 16.6 Å². The van der Waals surface area contributed by atoms with E-state index in [4.69, 9.17) is 17.0 Å². The molecule has 0 aliphatic heterocycles. The highest BCUT2D eigenvalue weighted by Gasteiger charge is 2.19. The fraction of sp³-hybridized carbons (Fsp3) is 0.421. The maximum absolute atomic E-state index is 11.9. The predicted octanol–water partition coefficient (Wildman–Crippen LogP) is 2.23. The maximum Gasteiger partial charge on any atom is 0.234 e. The number of nitrogens with one attached hydrogen (secondary N) is 1. The van der Waals surface area contributed by atoms with Crippen LogP contribution in [0.25, 0.3) is 0 Å². The largest absolute Gasteiger partial charge is 0.485 e. The Morgan fingerprint density at radius 1 is 1.41 bits per heavy atom. The number of hydrogen-bond donors (Lipinski definition) is 2. The van der Waals surface area contributed by atoms with Crippen molar-refractivity contribution in [3.8, 4) is 18.1 Å². The number of benzene rings is 1. The van der Waals surface area contributed by atoms with E-state index in [0.29, 0.717) is 16.9 Å². The van der Waals surface area contributed by atoms with Gasteiger partial charge in [0.15, 0.2) is 5.82 Å². The Balaban J connectivity index is 2.05. The summed E-state index contributed by atoms with van der Waals surface area (Å²) >= 11 is 1.21. The minimum absolute atomic E-state index is 0.180. The third kappa shape index (κ3) is 5.41. The summed E-state index contributed by atoms with van der Waals surface area (Å²) in [6, 6.07) is 6.13. The van der Waals surface area contributed by atoms with Crippen LogP contribution < -0.4 is 15.9 Å². The molecule has 1 amide bonds. The summed E-state index contributed by atoms with van der Waals surface area (Å²) in [4.78, 5) is 11.9. The number of nitrogens with zero attached hydrogens (tertiary/aromatic N) is 3. The number of carbonyl (C=O) groups excluding carboxylic acids is 1. The van der Waals surface area contributed by atoms with E-state index < -0.39 is 5.25 Å². The van der Waals surface area contributed by atoms with E-state index >= 15 is 0 Å². The van der Waals surface area contributed by atoms with Crippen LogP contribution in [0.4, 0.5) is 0 Å². The highest BCUT2D eigenvalue weighted by molar-refractivity contribution is 8.00. The fourth-order valence-corrected chi connectivity index (χ4v) is 3.18. The van der Waals surface area contributed by atoms with Gasteiger partial charge in [-0.25, -0.2) is 4.68 Å². The molecule has 2 rings (SSSR count). The van der Waals surface area contributed by atoms with Crippen LogP contribution in [0, 0.1) is 19.3 Å². The molecule has 1 unspecified atom stereocenters. The first-order valence-corrected chi connectivity index (χ1v) is 9.52. The molecule has 0 saturated heterocycles. The molecule has 2 aromatic rings. The van der Waals surface area contributed by atoms with Crippen LogP contribution in [0.15, 0.2) is 23.4 Å². The first kappa shape index (κ1) is 20.6. The molecule has 0 radical (unpaired) electrons. The lowest BCUT2D eigenvalue weighted by atomic mass is 10.0. The predicted molar refractivity (Wildman–Crippen MR) is 107 cm³/mol. The Labute approximate surface area is 164 Å². The number of nitrogen functional groups attached to an aromatic ring is 1. The number of aryl methyl sites for hydroxylation is 1. The summed E-state index contributed by atoms with van der Waals surface area (Å²) in [7, 11) is 0. The van der Waals surface area contributed by atoms with E-state index in [1.54, 1.807) is 6.92 Å². The van der Waals surface area contributed by atoms with Crippen molar-refractivity contribution in [2.24, 2.45) is 0 Å². The average molecular weight is 388 g/mol. The Kier molecular flexibility index (Phi) is 7.13. The zero-order valence-corrected chi connectivity index (χ0v) is 16.8. The van der Waals surface area contributed by atoms with E-state index in [1.165, 1.54) is 16.4 Å². The van der Waals surface area contributed by atoms with Gasteiger partial charge in [-0.3, -0.25) is 4.79 Å². The number of hydrogen-bond acceptors (Lipinski definition) is 6. The Bertz CT molecular complexity index is 841. The highest BCUT2D eigenvalue weighted by Crippen LogP contribution is 2.28. The molecule has 3 N–H and O–H groups in total. The Hall–Kier alpha value is -2.66. The van der Waals surface area contributed by atoms with Crippen molar-refractivity contribution in [3.63, 3.8) is 0 Å². The zero-order valence-electron chi connectivity index (χ0n) is 16.0. The normalized spacial score (nSPS) is 11.9. The summed E-state index contributed by atoms with van der Waals surface area (Å²) in [5.41, 5.74) is 2.24. The SMILES string of the molecule is C#CCNC(=O)C(C)Sc1nnc(COc2cc(C)ccc2C(C)C)n1N. The number of aromatic nitrogens is 3. The molecule has 8 heteroatoms. The topological polar surface area (TPSA) is 95.1 Å². The van der Waals surface area contributed by atoms with Crippen LogP contribution in [-0.4, -0.2) is 32.6 Å². The van der Waals surface area contributed by atoms with Gasteiger partial charge in [0, 0.05) is 0 Å². The van der Waals surface area contributed by atoms with Crippen molar-refractivity contribution >= 4 is 17.7 Å². The molecular weight excluding hydrogens is 362 g/mol. The van der Waals surface area contributed by atoms with Gasteiger partial charge < -0.3 is 15.9 Å². The highest BCUT2D eigenvalue weighted by atomic mass is 32.2. The van der Waals surface area contributed by atoms with Gasteiger partial charge in [0.05, 0.1) is 11.8 Å². The molecule has 27 heavy (non-hydrogen) atoms. The quantitative estimate of drug-likeness (QED) is 0.410. The number of carbonyl (C=O) groups is 1. The molecule has 1 heterocycles. The second-order valence-corrected chi connectivity index (χ2v) is 7.74. The molecule has 0 fully saturated rings. The third-order valence-electron chi connectivity index (χ3n) is 3.90. The van der Waals surface area contributed by atoms with Crippen molar-refractivity contribution in [2.45, 2.75) is 50.6 Å². The van der Waals surface area contributed by atoms with E-state index in [0.717, 1.165) is 16.9 Å². The summed E-state index contributed by atoms with van der Waals surface area (Å²) in [6.07, 6.45) is 5.14. The standard InChI is InChI=1S/C19H25N5O2S/c1-6-9-21-18(25)14(5)27-19-23-22-17(24(19)20)11-26-16-10-13(4)7-8-15(16)12(2)3/h1,7-8,10,12,14H,9,11,20H2,2-5H3,(H,21,25). The number of nitrogens with two attached hydrogens (primary N) is 1. The van der Waals surface area contributed by atoms with Gasteiger partial charge in [0.1, 0.15) is 12.4 Å². The number of thioether (sulfide) groups is 1. The second-order valence-electron chi connectivity index (χ2n) is 6.44. The van der Waals surface area contributed by atoms with Crippen molar-refractivity contribution in [3.05, 3.63) is 35.2 Å². The summed E-state index contributed by atoms with van der Waals surface area (Å²) in [5, 5.41) is 10.8. The van der Waals surface area contributed by atoms with Gasteiger partial charge >= 0.3 is 0 Å². The fourth-order valence-electron chi connectivity index (χ4n) is 2.37. The van der Waals surface area contributed by atoms with Crippen LogP contribution in [0.5, 0.6) is 5.75 Å². The van der Waals surface area contributed by atoms with Crippen LogP contribution in [-0.2, 0) is 11.4 Å². The molecule has 1 aromatic heterocycles.